The molecule has 36 heavy (non-hydrogen) atoms. The van der Waals surface area contributed by atoms with Crippen molar-refractivity contribution in [3.8, 4) is 0 Å². The van der Waals surface area contributed by atoms with E-state index in [1.807, 2.05) is 37.3 Å². The van der Waals surface area contributed by atoms with E-state index in [1.54, 1.807) is 25.3 Å². The van der Waals surface area contributed by atoms with Crippen LogP contribution in [0.2, 0.25) is 0 Å². The number of fused-ring (bicyclic) bond motifs is 1. The van der Waals surface area contributed by atoms with Gasteiger partial charge in [0, 0.05) is 36.2 Å². The molecule has 1 aliphatic rings. The van der Waals surface area contributed by atoms with Crippen molar-refractivity contribution in [2.24, 2.45) is 0 Å². The van der Waals surface area contributed by atoms with Crippen molar-refractivity contribution in [2.45, 2.75) is 52.4 Å². The molecule has 2 N–H and O–H groups in total. The van der Waals surface area contributed by atoms with Crippen molar-refractivity contribution >= 4 is 40.0 Å². The first kappa shape index (κ1) is 25.8. The summed E-state index contributed by atoms with van der Waals surface area (Å²) in [7, 11) is 0. The van der Waals surface area contributed by atoms with Crippen LogP contribution in [0.25, 0.3) is 10.9 Å². The third-order valence-electron chi connectivity index (χ3n) is 6.54. The Labute approximate surface area is 217 Å². The van der Waals surface area contributed by atoms with Crippen LogP contribution in [-0.4, -0.2) is 68.5 Å². The van der Waals surface area contributed by atoms with Crippen LogP contribution in [0.1, 0.15) is 66.7 Å². The second kappa shape index (κ2) is 11.2. The quantitative estimate of drug-likeness (QED) is 0.364. The molecular weight excluding hydrogens is 474 g/mol. The Bertz CT molecular complexity index is 1220. The lowest BCUT2D eigenvalue weighted by molar-refractivity contribution is 0.0167. The van der Waals surface area contributed by atoms with Gasteiger partial charge in [-0.25, -0.2) is 4.79 Å². The number of carbonyl (C=O) groups is 2. The molecule has 2 unspecified atom stereocenters. The molecule has 1 fully saturated rings. The van der Waals surface area contributed by atoms with Gasteiger partial charge in [0.25, 0.3) is 5.91 Å². The number of nitrogens with zero attached hydrogens (tertiary/aromatic N) is 3. The summed E-state index contributed by atoms with van der Waals surface area (Å²) in [5.41, 5.74) is 2.31. The largest absolute Gasteiger partial charge is 0.462 e. The van der Waals surface area contributed by atoms with Gasteiger partial charge in [0.2, 0.25) is 0 Å². The summed E-state index contributed by atoms with van der Waals surface area (Å²) in [4.78, 5) is 39.4. The molecule has 9 heteroatoms. The number of ether oxygens (including phenoxy) is 1. The molecule has 0 aliphatic carbocycles. The van der Waals surface area contributed by atoms with Gasteiger partial charge in [0.1, 0.15) is 11.9 Å². The molecule has 3 aromatic rings. The molecule has 1 aliphatic heterocycles. The number of hydrogen-bond acceptors (Lipinski definition) is 6. The second-order valence-corrected chi connectivity index (χ2v) is 9.53. The Morgan fingerprint density at radius 3 is 2.67 bits per heavy atom. The zero-order valence-electron chi connectivity index (χ0n) is 21.2. The van der Waals surface area contributed by atoms with Crippen LogP contribution >= 0.6 is 12.2 Å². The molecule has 1 aromatic carbocycles. The molecule has 0 radical (unpaired) electrons. The highest BCUT2D eigenvalue weighted by Gasteiger charge is 2.43. The number of hydrogen-bond donors (Lipinski definition) is 2. The maximum Gasteiger partial charge on any atom is 0.340 e. The predicted molar refractivity (Wildman–Crippen MR) is 144 cm³/mol. The molecule has 2 aromatic heterocycles. The minimum absolute atomic E-state index is 0.136. The number of nitrogens with one attached hydrogen (secondary N) is 2. The van der Waals surface area contributed by atoms with Crippen molar-refractivity contribution in [3.63, 3.8) is 0 Å². The number of thiocarbonyl (C=S) groups is 1. The first-order chi connectivity index (χ1) is 17.3. The van der Waals surface area contributed by atoms with E-state index in [0.717, 1.165) is 15.9 Å². The number of aromatic amines is 1. The first-order valence-electron chi connectivity index (χ1n) is 12.4. The van der Waals surface area contributed by atoms with Gasteiger partial charge in [-0.2, -0.15) is 0 Å². The average Bonchev–Trinajstić information content (AvgIpc) is 3.32. The van der Waals surface area contributed by atoms with E-state index in [1.165, 1.54) is 0 Å². The number of pyridine rings is 1. The predicted octanol–water partition coefficient (Wildman–Crippen LogP) is 4.30. The SMILES string of the molecule is CCOC(=O)c1cccnc1C1C(NC(=O)c2cc3ccccc3[nH]2)N(C(=S)CC)CCN1C(C)C. The van der Waals surface area contributed by atoms with Gasteiger partial charge >= 0.3 is 5.97 Å². The van der Waals surface area contributed by atoms with Crippen LogP contribution in [0.4, 0.5) is 0 Å². The summed E-state index contributed by atoms with van der Waals surface area (Å²) >= 11 is 5.74. The van der Waals surface area contributed by atoms with Gasteiger partial charge in [-0.15, -0.1) is 0 Å². The fourth-order valence-corrected chi connectivity index (χ4v) is 5.03. The van der Waals surface area contributed by atoms with Gasteiger partial charge in [-0.1, -0.05) is 37.3 Å². The highest BCUT2D eigenvalue weighted by atomic mass is 32.1. The summed E-state index contributed by atoms with van der Waals surface area (Å²) < 4.78 is 5.34. The number of carbonyl (C=O) groups excluding carboxylic acids is 2. The van der Waals surface area contributed by atoms with Crippen molar-refractivity contribution < 1.29 is 14.3 Å². The number of aromatic nitrogens is 2. The third kappa shape index (κ3) is 5.12. The summed E-state index contributed by atoms with van der Waals surface area (Å²) in [5.74, 6) is -0.676. The highest BCUT2D eigenvalue weighted by Crippen LogP contribution is 2.33. The normalized spacial score (nSPS) is 18.4. The standard InChI is InChI=1S/C27H33N5O3S/c1-5-22(36)32-15-14-31(17(3)4)24(23-19(11-9-13-28-23)27(34)35-6-2)25(32)30-26(33)21-16-18-10-7-8-12-20(18)29-21/h7-13,16-17,24-25,29H,5-6,14-15H2,1-4H3,(H,30,33). The first-order valence-corrected chi connectivity index (χ1v) is 12.8. The third-order valence-corrected chi connectivity index (χ3v) is 7.07. The van der Waals surface area contributed by atoms with Crippen LogP contribution in [0.5, 0.6) is 0 Å². The summed E-state index contributed by atoms with van der Waals surface area (Å²) in [5, 5.41) is 4.19. The fraction of sp³-hybridized carbons (Fsp3) is 0.407. The summed E-state index contributed by atoms with van der Waals surface area (Å²) in [6, 6.07) is 12.8. The van der Waals surface area contributed by atoms with E-state index >= 15 is 0 Å². The zero-order valence-corrected chi connectivity index (χ0v) is 22.0. The minimum Gasteiger partial charge on any atom is -0.462 e. The van der Waals surface area contributed by atoms with Crippen LogP contribution in [0, 0.1) is 0 Å². The van der Waals surface area contributed by atoms with Crippen LogP contribution in [0.15, 0.2) is 48.7 Å². The van der Waals surface area contributed by atoms with Gasteiger partial charge < -0.3 is 19.9 Å². The topological polar surface area (TPSA) is 90.6 Å². The van der Waals surface area contributed by atoms with Crippen LogP contribution in [-0.2, 0) is 4.74 Å². The van der Waals surface area contributed by atoms with Crippen molar-refractivity contribution in [1.29, 1.82) is 0 Å². The number of esters is 1. The smallest absolute Gasteiger partial charge is 0.340 e. The molecule has 190 valence electrons. The lowest BCUT2D eigenvalue weighted by Crippen LogP contribution is -2.64. The number of amides is 1. The second-order valence-electron chi connectivity index (χ2n) is 9.06. The molecule has 8 nitrogen and oxygen atoms in total. The maximum atomic E-state index is 13.6. The molecule has 4 rings (SSSR count). The Balaban J connectivity index is 1.79. The summed E-state index contributed by atoms with van der Waals surface area (Å²) in [6.45, 7) is 9.61. The number of H-pyrrole nitrogens is 1. The fourth-order valence-electron chi connectivity index (χ4n) is 4.82. The number of piperazine rings is 1. The molecule has 1 saturated heterocycles. The van der Waals surface area contributed by atoms with E-state index in [2.05, 4.69) is 38.9 Å². The lowest BCUT2D eigenvalue weighted by Gasteiger charge is -2.50. The van der Waals surface area contributed by atoms with Crippen LogP contribution < -0.4 is 5.32 Å². The molecule has 0 bridgehead atoms. The Morgan fingerprint density at radius 1 is 1.19 bits per heavy atom. The molecule has 0 spiro atoms. The molecule has 1 amide bonds. The molecule has 2 atom stereocenters. The van der Waals surface area contributed by atoms with Gasteiger partial charge in [-0.05, 0) is 51.5 Å². The number of rotatable bonds is 7. The maximum absolute atomic E-state index is 13.6. The van der Waals surface area contributed by atoms with Crippen molar-refractivity contribution in [1.82, 2.24) is 25.1 Å². The Hall–Kier alpha value is -3.30. The van der Waals surface area contributed by atoms with Gasteiger partial charge in [-0.3, -0.25) is 14.7 Å². The van der Waals surface area contributed by atoms with E-state index in [9.17, 15) is 9.59 Å². The minimum atomic E-state index is -0.532. The molecular formula is C27H33N5O3S. The van der Waals surface area contributed by atoms with Gasteiger partial charge in [0.15, 0.2) is 0 Å². The van der Waals surface area contributed by atoms with E-state index < -0.39 is 18.2 Å². The van der Waals surface area contributed by atoms with E-state index in [0.29, 0.717) is 36.5 Å². The van der Waals surface area contributed by atoms with E-state index in [-0.39, 0.29) is 18.6 Å². The monoisotopic (exact) mass is 507 g/mol. The molecule has 3 heterocycles. The zero-order chi connectivity index (χ0) is 25.8. The molecule has 0 saturated carbocycles. The lowest BCUT2D eigenvalue weighted by atomic mass is 9.97. The van der Waals surface area contributed by atoms with Crippen LogP contribution in [0.3, 0.4) is 0 Å². The van der Waals surface area contributed by atoms with E-state index in [4.69, 9.17) is 17.0 Å². The van der Waals surface area contributed by atoms with Gasteiger partial charge in [0.05, 0.1) is 28.9 Å². The van der Waals surface area contributed by atoms with Crippen molar-refractivity contribution in [3.05, 3.63) is 65.6 Å². The highest BCUT2D eigenvalue weighted by molar-refractivity contribution is 7.80. The van der Waals surface area contributed by atoms with Crippen molar-refractivity contribution in [2.75, 3.05) is 19.7 Å². The Kier molecular flexibility index (Phi) is 8.01. The number of para-hydroxylation sites is 1. The Morgan fingerprint density at radius 2 is 1.97 bits per heavy atom. The number of benzene rings is 1. The summed E-state index contributed by atoms with van der Waals surface area (Å²) in [6.07, 6.45) is 1.80. The average molecular weight is 508 g/mol.